The van der Waals surface area contributed by atoms with Gasteiger partial charge in [0.1, 0.15) is 4.90 Å². The lowest BCUT2D eigenvalue weighted by Gasteiger charge is -2.18. The van der Waals surface area contributed by atoms with E-state index < -0.39 is 21.8 Å². The van der Waals surface area contributed by atoms with Gasteiger partial charge in [-0.3, -0.25) is 9.59 Å². The van der Waals surface area contributed by atoms with Gasteiger partial charge in [-0.15, -0.1) is 4.40 Å². The van der Waals surface area contributed by atoms with Crippen LogP contribution in [0.15, 0.2) is 51.8 Å². The van der Waals surface area contributed by atoms with Crippen LogP contribution in [0.25, 0.3) is 0 Å². The maximum absolute atomic E-state index is 12.3. The number of nitrogens with two attached hydrogens (primary N) is 1. The lowest BCUT2D eigenvalue weighted by Crippen LogP contribution is -2.39. The number of rotatable bonds is 5. The number of sulfonamides is 1. The Morgan fingerprint density at radius 3 is 2.67 bits per heavy atom. The van der Waals surface area contributed by atoms with Gasteiger partial charge in [-0.05, 0) is 58.8 Å². The number of nitrogens with one attached hydrogen (secondary N) is 2. The molecule has 0 aliphatic carbocycles. The third-order valence-electron chi connectivity index (χ3n) is 3.86. The number of carbonyl (C=O) groups excluding carboxylic acids is 2. The normalized spacial score (nSPS) is 14.5. The highest BCUT2D eigenvalue weighted by molar-refractivity contribution is 14.1. The molecule has 10 heteroatoms. The fourth-order valence-electron chi connectivity index (χ4n) is 2.60. The van der Waals surface area contributed by atoms with Crippen molar-refractivity contribution in [1.29, 1.82) is 0 Å². The minimum atomic E-state index is -3.96. The molecule has 0 saturated heterocycles. The average Bonchev–Trinajstić information content (AvgIpc) is 2.62. The molecule has 140 valence electrons. The molecule has 2 aromatic rings. The van der Waals surface area contributed by atoms with Crippen molar-refractivity contribution in [1.82, 2.24) is 5.32 Å². The van der Waals surface area contributed by atoms with Crippen molar-refractivity contribution in [3.8, 4) is 0 Å². The molecule has 0 radical (unpaired) electrons. The van der Waals surface area contributed by atoms with Gasteiger partial charge in [-0.2, -0.15) is 8.42 Å². The molecule has 1 aliphatic rings. The van der Waals surface area contributed by atoms with Crippen molar-refractivity contribution in [2.45, 2.75) is 11.3 Å². The Morgan fingerprint density at radius 2 is 1.93 bits per heavy atom. The third-order valence-corrected chi connectivity index (χ3v) is 5.85. The summed E-state index contributed by atoms with van der Waals surface area (Å²) in [6, 6.07) is 11.6. The molecule has 1 heterocycles. The molecule has 0 aromatic heterocycles. The molecule has 27 heavy (non-hydrogen) atoms. The molecule has 0 spiro atoms. The minimum Gasteiger partial charge on any atom is -0.366 e. The predicted octanol–water partition coefficient (Wildman–Crippen LogP) is 1.26. The number of hydrogen-bond acceptors (Lipinski definition) is 5. The number of hydrogen-bond donors (Lipinski definition) is 3. The molecule has 0 saturated carbocycles. The largest absolute Gasteiger partial charge is 0.366 e. The number of benzene rings is 2. The van der Waals surface area contributed by atoms with E-state index in [9.17, 15) is 18.0 Å². The molecule has 0 bridgehead atoms. The monoisotopic (exact) mass is 498 g/mol. The summed E-state index contributed by atoms with van der Waals surface area (Å²) in [4.78, 5) is 23.8. The fraction of sp³-hybridized carbons (Fsp3) is 0.118. The zero-order chi connectivity index (χ0) is 19.6. The standard InChI is InChI=1S/C17H15IN4O4S/c18-11-5-6-13-14(9-11)27(25,26)22-16(21-13)17(24)20-8-7-10-3-1-2-4-12(10)15(19)23/h1-6,9H,7-8H2,(H2,19,23)(H,20,24)(H,21,22). The number of nitrogens with zero attached hydrogens (tertiary/aromatic N) is 1. The fourth-order valence-corrected chi connectivity index (χ4v) is 4.45. The molecule has 0 atom stereocenters. The lowest BCUT2D eigenvalue weighted by atomic mass is 10.0. The number of amidine groups is 1. The van der Waals surface area contributed by atoms with Gasteiger partial charge in [-0.25, -0.2) is 0 Å². The van der Waals surface area contributed by atoms with Gasteiger partial charge < -0.3 is 16.4 Å². The lowest BCUT2D eigenvalue weighted by molar-refractivity contribution is -0.114. The highest BCUT2D eigenvalue weighted by atomic mass is 127. The van der Waals surface area contributed by atoms with E-state index in [1.54, 1.807) is 36.4 Å². The first-order valence-corrected chi connectivity index (χ1v) is 10.4. The van der Waals surface area contributed by atoms with Crippen LogP contribution in [0.3, 0.4) is 0 Å². The van der Waals surface area contributed by atoms with E-state index in [0.29, 0.717) is 23.2 Å². The zero-order valence-corrected chi connectivity index (χ0v) is 16.9. The number of primary amides is 1. The summed E-state index contributed by atoms with van der Waals surface area (Å²) in [6.07, 6.45) is 0.361. The van der Waals surface area contributed by atoms with Crippen LogP contribution in [-0.4, -0.2) is 32.6 Å². The average molecular weight is 498 g/mol. The molecule has 0 unspecified atom stereocenters. The summed E-state index contributed by atoms with van der Waals surface area (Å²) in [6.45, 7) is 0.184. The molecule has 1 aliphatic heterocycles. The van der Waals surface area contributed by atoms with E-state index in [1.807, 2.05) is 22.6 Å². The molecule has 0 fully saturated rings. The van der Waals surface area contributed by atoms with Gasteiger partial charge in [0.2, 0.25) is 11.7 Å². The predicted molar refractivity (Wildman–Crippen MR) is 109 cm³/mol. The van der Waals surface area contributed by atoms with Gasteiger partial charge in [-0.1, -0.05) is 18.2 Å². The highest BCUT2D eigenvalue weighted by Gasteiger charge is 2.28. The van der Waals surface area contributed by atoms with Crippen LogP contribution < -0.4 is 16.4 Å². The summed E-state index contributed by atoms with van der Waals surface area (Å²) in [5.74, 6) is -1.50. The summed E-state index contributed by atoms with van der Waals surface area (Å²) in [7, 11) is -3.96. The van der Waals surface area contributed by atoms with Crippen molar-refractivity contribution >= 4 is 56.0 Å². The van der Waals surface area contributed by atoms with Crippen LogP contribution in [0, 0.1) is 3.57 Å². The first kappa shape index (κ1) is 19.3. The highest BCUT2D eigenvalue weighted by Crippen LogP contribution is 2.28. The maximum Gasteiger partial charge on any atom is 0.287 e. The van der Waals surface area contributed by atoms with E-state index in [1.165, 1.54) is 6.07 Å². The van der Waals surface area contributed by atoms with Crippen molar-refractivity contribution in [2.24, 2.45) is 10.1 Å². The summed E-state index contributed by atoms with van der Waals surface area (Å²) in [5.41, 5.74) is 6.70. The number of fused-ring (bicyclic) bond motifs is 1. The Balaban J connectivity index is 1.70. The van der Waals surface area contributed by atoms with E-state index >= 15 is 0 Å². The maximum atomic E-state index is 12.3. The van der Waals surface area contributed by atoms with E-state index in [0.717, 1.165) is 3.57 Å². The van der Waals surface area contributed by atoms with Crippen LogP contribution in [0.1, 0.15) is 15.9 Å². The molecule has 2 aromatic carbocycles. The second kappa shape index (κ2) is 7.64. The van der Waals surface area contributed by atoms with E-state index in [4.69, 9.17) is 5.73 Å². The van der Waals surface area contributed by atoms with Gasteiger partial charge >= 0.3 is 0 Å². The van der Waals surface area contributed by atoms with Gasteiger partial charge in [0.05, 0.1) is 5.69 Å². The Hall–Kier alpha value is -2.47. The SMILES string of the molecule is NC(=O)c1ccccc1CCNC(=O)C1=NS(=O)(=O)c2cc(I)ccc2N1. The number of carbonyl (C=O) groups is 2. The van der Waals surface area contributed by atoms with Crippen molar-refractivity contribution in [3.63, 3.8) is 0 Å². The van der Waals surface area contributed by atoms with Crippen LogP contribution in [0.2, 0.25) is 0 Å². The Morgan fingerprint density at radius 1 is 1.19 bits per heavy atom. The first-order chi connectivity index (χ1) is 12.8. The Kier molecular flexibility index (Phi) is 5.46. The summed E-state index contributed by atoms with van der Waals surface area (Å²) in [5, 5.41) is 5.34. The smallest absolute Gasteiger partial charge is 0.287 e. The van der Waals surface area contributed by atoms with Gasteiger partial charge in [0.25, 0.3) is 15.9 Å². The minimum absolute atomic E-state index is 0.0290. The molecule has 3 rings (SSSR count). The number of anilines is 1. The first-order valence-electron chi connectivity index (χ1n) is 7.85. The van der Waals surface area contributed by atoms with Crippen molar-refractivity contribution in [2.75, 3.05) is 11.9 Å². The quantitative estimate of drug-likeness (QED) is 0.535. The second-order valence-corrected chi connectivity index (χ2v) is 8.53. The van der Waals surface area contributed by atoms with Gasteiger partial charge in [0.15, 0.2) is 0 Å². The van der Waals surface area contributed by atoms with Crippen molar-refractivity contribution in [3.05, 3.63) is 57.2 Å². The Bertz CT molecular complexity index is 1070. The molecule has 2 amide bonds. The van der Waals surface area contributed by atoms with Crippen LogP contribution in [-0.2, 0) is 21.2 Å². The zero-order valence-electron chi connectivity index (χ0n) is 13.9. The van der Waals surface area contributed by atoms with E-state index in [-0.39, 0.29) is 17.3 Å². The van der Waals surface area contributed by atoms with E-state index in [2.05, 4.69) is 15.0 Å². The van der Waals surface area contributed by atoms with Crippen LogP contribution in [0.4, 0.5) is 5.69 Å². The summed E-state index contributed by atoms with van der Waals surface area (Å²) >= 11 is 2.00. The van der Waals surface area contributed by atoms with Crippen LogP contribution >= 0.6 is 22.6 Å². The molecular weight excluding hydrogens is 483 g/mol. The number of amides is 2. The topological polar surface area (TPSA) is 131 Å². The second-order valence-electron chi connectivity index (χ2n) is 5.71. The summed E-state index contributed by atoms with van der Waals surface area (Å²) < 4.78 is 28.9. The molecule has 8 nitrogen and oxygen atoms in total. The molecular formula is C17H15IN4O4S. The van der Waals surface area contributed by atoms with Crippen LogP contribution in [0.5, 0.6) is 0 Å². The van der Waals surface area contributed by atoms with Crippen molar-refractivity contribution < 1.29 is 18.0 Å². The van der Waals surface area contributed by atoms with Gasteiger partial charge in [0, 0.05) is 15.7 Å². The number of halogens is 1. The molecule has 4 N–H and O–H groups in total. The third kappa shape index (κ3) is 4.27. The Labute approximate surface area is 169 Å².